The topological polar surface area (TPSA) is 49.3 Å². The number of fused-ring (bicyclic) bond motifs is 1. The molecular formula is C26H30N4O. The zero-order chi connectivity index (χ0) is 21.0. The van der Waals surface area contributed by atoms with E-state index in [9.17, 15) is 4.79 Å². The highest BCUT2D eigenvalue weighted by molar-refractivity contribution is 5.94. The van der Waals surface area contributed by atoms with Gasteiger partial charge in [-0.05, 0) is 55.9 Å². The maximum atomic E-state index is 13.3. The zero-order valence-electron chi connectivity index (χ0n) is 18.0. The number of carbonyl (C=O) groups is 1. The van der Waals surface area contributed by atoms with Crippen LogP contribution in [-0.4, -0.2) is 46.5 Å². The number of likely N-dealkylation sites (tertiary alicyclic amines) is 1. The van der Waals surface area contributed by atoms with Gasteiger partial charge in [-0.2, -0.15) is 0 Å². The highest BCUT2D eigenvalue weighted by Crippen LogP contribution is 2.33. The van der Waals surface area contributed by atoms with Crippen molar-refractivity contribution in [3.05, 3.63) is 66.5 Å². The average molecular weight is 415 g/mol. The monoisotopic (exact) mass is 414 g/mol. The lowest BCUT2D eigenvalue weighted by Gasteiger charge is -2.41. The number of rotatable bonds is 3. The first-order chi connectivity index (χ1) is 15.3. The fourth-order valence-corrected chi connectivity index (χ4v) is 5.36. The Morgan fingerprint density at radius 3 is 2.42 bits per heavy atom. The highest BCUT2D eigenvalue weighted by Gasteiger charge is 2.34. The third kappa shape index (κ3) is 4.14. The lowest BCUT2D eigenvalue weighted by atomic mass is 9.85. The van der Waals surface area contributed by atoms with E-state index in [1.807, 2.05) is 42.5 Å². The van der Waals surface area contributed by atoms with Crippen molar-refractivity contribution < 1.29 is 4.79 Å². The summed E-state index contributed by atoms with van der Waals surface area (Å²) in [6, 6.07) is 18.4. The number of para-hydroxylation sites is 1. The molecule has 2 aromatic carbocycles. The summed E-state index contributed by atoms with van der Waals surface area (Å²) in [6.07, 6.45) is 8.56. The summed E-state index contributed by atoms with van der Waals surface area (Å²) in [7, 11) is 0. The Labute approximate surface area is 184 Å². The van der Waals surface area contributed by atoms with Crippen LogP contribution in [0.25, 0.3) is 10.9 Å². The third-order valence-electron chi connectivity index (χ3n) is 6.99. The van der Waals surface area contributed by atoms with Crippen molar-refractivity contribution in [1.29, 1.82) is 0 Å². The summed E-state index contributed by atoms with van der Waals surface area (Å²) >= 11 is 0. The van der Waals surface area contributed by atoms with Gasteiger partial charge in [-0.25, -0.2) is 9.97 Å². The van der Waals surface area contributed by atoms with Crippen molar-refractivity contribution in [1.82, 2.24) is 14.9 Å². The second kappa shape index (κ2) is 9.04. The second-order valence-electron chi connectivity index (χ2n) is 8.82. The molecule has 2 fully saturated rings. The number of hydrogen-bond donors (Lipinski definition) is 0. The molecule has 5 rings (SSSR count). The third-order valence-corrected chi connectivity index (χ3v) is 6.99. The van der Waals surface area contributed by atoms with Gasteiger partial charge in [0.15, 0.2) is 0 Å². The zero-order valence-corrected chi connectivity index (χ0v) is 18.0. The molecule has 0 radical (unpaired) electrons. The Kier molecular flexibility index (Phi) is 5.83. The van der Waals surface area contributed by atoms with Crippen LogP contribution in [0.2, 0.25) is 0 Å². The van der Waals surface area contributed by atoms with E-state index in [1.165, 1.54) is 12.8 Å². The highest BCUT2D eigenvalue weighted by atomic mass is 16.2. The molecule has 3 heterocycles. The minimum Gasteiger partial charge on any atom is -0.356 e. The molecule has 5 nitrogen and oxygen atoms in total. The summed E-state index contributed by atoms with van der Waals surface area (Å²) in [4.78, 5) is 27.0. The lowest BCUT2D eigenvalue weighted by molar-refractivity contribution is 0.0588. The van der Waals surface area contributed by atoms with Crippen molar-refractivity contribution >= 4 is 22.6 Å². The molecule has 1 aromatic heterocycles. The smallest absolute Gasteiger partial charge is 0.254 e. The molecule has 2 saturated heterocycles. The first-order valence-corrected chi connectivity index (χ1v) is 11.6. The fraction of sp³-hybridized carbons (Fsp3) is 0.423. The van der Waals surface area contributed by atoms with Crippen LogP contribution in [0, 0.1) is 5.92 Å². The molecule has 5 heteroatoms. The Balaban J connectivity index is 1.32. The van der Waals surface area contributed by atoms with Gasteiger partial charge in [0.1, 0.15) is 12.1 Å². The lowest BCUT2D eigenvalue weighted by Crippen LogP contribution is -2.48. The first kappa shape index (κ1) is 20.0. The Morgan fingerprint density at radius 1 is 0.806 bits per heavy atom. The Hall–Kier alpha value is -2.95. The van der Waals surface area contributed by atoms with Gasteiger partial charge in [0.05, 0.1) is 5.52 Å². The summed E-state index contributed by atoms with van der Waals surface area (Å²) < 4.78 is 0. The van der Waals surface area contributed by atoms with Gasteiger partial charge in [-0.15, -0.1) is 0 Å². The maximum Gasteiger partial charge on any atom is 0.254 e. The number of amides is 1. The largest absolute Gasteiger partial charge is 0.356 e. The van der Waals surface area contributed by atoms with E-state index in [0.717, 1.165) is 67.6 Å². The van der Waals surface area contributed by atoms with Crippen LogP contribution < -0.4 is 4.90 Å². The number of anilines is 1. The molecule has 0 N–H and O–H groups in total. The number of carbonyl (C=O) groups excluding carboxylic acids is 1. The van der Waals surface area contributed by atoms with E-state index < -0.39 is 0 Å². The standard InChI is InChI=1S/C26H30N4O/c31-26(21-9-3-1-4-10-21)30-16-8-2-5-13-24(30)20-14-17-29(18-15-20)25-22-11-6-7-12-23(22)27-19-28-25/h1,3-4,6-7,9-12,19-20,24H,2,5,8,13-18H2/t24-/m0/s1. The number of benzene rings is 2. The number of hydrogen-bond acceptors (Lipinski definition) is 4. The summed E-state index contributed by atoms with van der Waals surface area (Å²) in [6.45, 7) is 2.85. The van der Waals surface area contributed by atoms with E-state index in [4.69, 9.17) is 0 Å². The normalized spacial score (nSPS) is 20.6. The molecule has 2 aliphatic rings. The quantitative estimate of drug-likeness (QED) is 0.610. The van der Waals surface area contributed by atoms with Crippen LogP contribution in [0.5, 0.6) is 0 Å². The minimum absolute atomic E-state index is 0.205. The summed E-state index contributed by atoms with van der Waals surface area (Å²) in [5, 5.41) is 1.12. The molecule has 160 valence electrons. The summed E-state index contributed by atoms with van der Waals surface area (Å²) in [5.41, 5.74) is 1.82. The predicted molar refractivity (Wildman–Crippen MR) is 124 cm³/mol. The van der Waals surface area contributed by atoms with E-state index in [0.29, 0.717) is 12.0 Å². The van der Waals surface area contributed by atoms with Gasteiger partial charge in [-0.3, -0.25) is 4.79 Å². The van der Waals surface area contributed by atoms with Crippen LogP contribution in [0.15, 0.2) is 60.9 Å². The van der Waals surface area contributed by atoms with E-state index >= 15 is 0 Å². The van der Waals surface area contributed by atoms with Crippen molar-refractivity contribution in [3.63, 3.8) is 0 Å². The first-order valence-electron chi connectivity index (χ1n) is 11.6. The fourth-order valence-electron chi connectivity index (χ4n) is 5.36. The van der Waals surface area contributed by atoms with Crippen LogP contribution in [0.1, 0.15) is 48.9 Å². The van der Waals surface area contributed by atoms with Crippen molar-refractivity contribution in [2.45, 2.75) is 44.6 Å². The molecule has 0 aliphatic carbocycles. The van der Waals surface area contributed by atoms with Gasteiger partial charge >= 0.3 is 0 Å². The molecule has 1 amide bonds. The van der Waals surface area contributed by atoms with Crippen molar-refractivity contribution in [3.8, 4) is 0 Å². The number of piperidine rings is 1. The van der Waals surface area contributed by atoms with Crippen LogP contribution in [-0.2, 0) is 0 Å². The number of aromatic nitrogens is 2. The average Bonchev–Trinajstić information content (AvgIpc) is 3.10. The van der Waals surface area contributed by atoms with Gasteiger partial charge in [0.25, 0.3) is 5.91 Å². The minimum atomic E-state index is 0.205. The molecular weight excluding hydrogens is 384 g/mol. The van der Waals surface area contributed by atoms with Gasteiger partial charge < -0.3 is 9.80 Å². The molecule has 0 bridgehead atoms. The van der Waals surface area contributed by atoms with Gasteiger partial charge in [-0.1, -0.05) is 43.2 Å². The molecule has 1 atom stereocenters. The molecule has 31 heavy (non-hydrogen) atoms. The summed E-state index contributed by atoms with van der Waals surface area (Å²) in [5.74, 6) is 1.80. The molecule has 0 unspecified atom stereocenters. The SMILES string of the molecule is O=C(c1ccccc1)N1CCCCC[C@H]1C1CCN(c2ncnc3ccccc23)CC1. The molecule has 3 aromatic rings. The van der Waals surface area contributed by atoms with E-state index in [1.54, 1.807) is 6.33 Å². The molecule has 0 saturated carbocycles. The maximum absolute atomic E-state index is 13.3. The second-order valence-corrected chi connectivity index (χ2v) is 8.82. The Bertz CT molecular complexity index is 1020. The van der Waals surface area contributed by atoms with Gasteiger partial charge in [0.2, 0.25) is 0 Å². The Morgan fingerprint density at radius 2 is 1.58 bits per heavy atom. The van der Waals surface area contributed by atoms with Crippen LogP contribution in [0.4, 0.5) is 5.82 Å². The molecule has 0 spiro atoms. The molecule has 2 aliphatic heterocycles. The van der Waals surface area contributed by atoms with Crippen molar-refractivity contribution in [2.24, 2.45) is 5.92 Å². The van der Waals surface area contributed by atoms with Crippen LogP contribution >= 0.6 is 0 Å². The predicted octanol–water partition coefficient (Wildman–Crippen LogP) is 4.93. The van der Waals surface area contributed by atoms with E-state index in [2.05, 4.69) is 31.9 Å². The van der Waals surface area contributed by atoms with Gasteiger partial charge in [0, 0.05) is 36.6 Å². The van der Waals surface area contributed by atoms with Crippen LogP contribution in [0.3, 0.4) is 0 Å². The van der Waals surface area contributed by atoms with Crippen molar-refractivity contribution in [2.75, 3.05) is 24.5 Å². The van der Waals surface area contributed by atoms with E-state index in [-0.39, 0.29) is 5.91 Å². The number of nitrogens with zero attached hydrogens (tertiary/aromatic N) is 4.